The van der Waals surface area contributed by atoms with Gasteiger partial charge in [-0.2, -0.15) is 8.42 Å². The van der Waals surface area contributed by atoms with Gasteiger partial charge in [0.25, 0.3) is 10.1 Å². The highest BCUT2D eigenvalue weighted by Crippen LogP contribution is 2.51. The zero-order valence-corrected chi connectivity index (χ0v) is 18.1. The molecule has 0 bridgehead atoms. The lowest BCUT2D eigenvalue weighted by Crippen LogP contribution is -2.38. The minimum Gasteiger partial charge on any atom is -0.508 e. The molecule has 0 fully saturated rings. The third-order valence-electron chi connectivity index (χ3n) is 4.39. The van der Waals surface area contributed by atoms with E-state index in [9.17, 15) is 23.2 Å². The van der Waals surface area contributed by atoms with Crippen LogP contribution in [0.1, 0.15) is 16.7 Å². The van der Waals surface area contributed by atoms with Crippen molar-refractivity contribution in [3.63, 3.8) is 0 Å². The van der Waals surface area contributed by atoms with Crippen molar-refractivity contribution >= 4 is 56.5 Å². The van der Waals surface area contributed by atoms with Crippen LogP contribution in [0.2, 0.25) is 20.1 Å². The molecule has 0 radical (unpaired) electrons. The smallest absolute Gasteiger partial charge is 0.283 e. The monoisotopic (exact) mass is 492 g/mol. The fourth-order valence-electron chi connectivity index (χ4n) is 3.16. The molecule has 1 unspecified atom stereocenters. The minimum atomic E-state index is -5.08. The van der Waals surface area contributed by atoms with E-state index in [1.54, 1.807) is 0 Å². The Morgan fingerprint density at radius 3 is 1.86 bits per heavy atom. The molecule has 3 rings (SSSR count). The van der Waals surface area contributed by atoms with Gasteiger partial charge < -0.3 is 10.2 Å². The number of hydrogen-bond acceptors (Lipinski definition) is 4. The van der Waals surface area contributed by atoms with Crippen LogP contribution in [-0.4, -0.2) is 23.2 Å². The predicted octanol–water partition coefficient (Wildman–Crippen LogP) is 5.89. The Balaban J connectivity index is 2.61. The molecule has 0 amide bonds. The lowest BCUT2D eigenvalue weighted by atomic mass is 9.83. The number of benzene rings is 3. The molecule has 0 saturated carbocycles. The quantitative estimate of drug-likeness (QED) is 0.311. The first kappa shape index (κ1) is 22.0. The lowest BCUT2D eigenvalue weighted by molar-refractivity contribution is 0.440. The first-order valence-corrected chi connectivity index (χ1v) is 10.8. The standard InChI is InChI=1S/C19H12Cl4O5S/c20-11-3-1-10(2-4-11)19(29(26,27)28,14-7-12(21)5-6-17(14)24)13-8-16(23)18(25)9-15(13)22/h1-9,24-25H,(H,26,27,28). The summed E-state index contributed by atoms with van der Waals surface area (Å²) in [5, 5.41) is 20.4. The average Bonchev–Trinajstić information content (AvgIpc) is 2.63. The minimum absolute atomic E-state index is 0.00521. The van der Waals surface area contributed by atoms with E-state index in [0.717, 1.165) is 12.1 Å². The number of phenolic OH excluding ortho intramolecular Hbond substituents is 2. The summed E-state index contributed by atoms with van der Waals surface area (Å²) in [5.74, 6) is -0.863. The van der Waals surface area contributed by atoms with E-state index in [2.05, 4.69) is 0 Å². The fraction of sp³-hybridized carbons (Fsp3) is 0.0526. The van der Waals surface area contributed by atoms with E-state index in [-0.39, 0.29) is 31.8 Å². The van der Waals surface area contributed by atoms with E-state index >= 15 is 0 Å². The van der Waals surface area contributed by atoms with Crippen LogP contribution in [0.5, 0.6) is 11.5 Å². The third-order valence-corrected chi connectivity index (χ3v) is 6.94. The molecule has 0 aliphatic carbocycles. The second kappa shape index (κ2) is 7.87. The molecule has 0 aliphatic rings. The second-order valence-corrected chi connectivity index (χ2v) is 9.36. The predicted molar refractivity (Wildman–Crippen MR) is 114 cm³/mol. The Labute approximate surface area is 186 Å². The summed E-state index contributed by atoms with van der Waals surface area (Å²) in [6.07, 6.45) is 0. The molecule has 3 N–H and O–H groups in total. The van der Waals surface area contributed by atoms with Gasteiger partial charge >= 0.3 is 0 Å². The van der Waals surface area contributed by atoms with Crippen LogP contribution in [0.3, 0.4) is 0 Å². The Morgan fingerprint density at radius 2 is 1.28 bits per heavy atom. The van der Waals surface area contributed by atoms with Crippen LogP contribution < -0.4 is 0 Å². The average molecular weight is 494 g/mol. The fourth-order valence-corrected chi connectivity index (χ4v) is 5.30. The van der Waals surface area contributed by atoms with Gasteiger partial charge in [0.1, 0.15) is 11.5 Å². The van der Waals surface area contributed by atoms with Crippen LogP contribution in [0, 0.1) is 0 Å². The number of halogens is 4. The van der Waals surface area contributed by atoms with Gasteiger partial charge in [-0.3, -0.25) is 4.55 Å². The summed E-state index contributed by atoms with van der Waals surface area (Å²) in [4.78, 5) is 0. The molecule has 3 aromatic rings. The summed E-state index contributed by atoms with van der Waals surface area (Å²) in [7, 11) is -5.08. The van der Waals surface area contributed by atoms with Gasteiger partial charge in [0, 0.05) is 32.3 Å². The summed E-state index contributed by atoms with van der Waals surface area (Å²) in [6, 6.07) is 11.4. The summed E-state index contributed by atoms with van der Waals surface area (Å²) in [6.45, 7) is 0. The molecule has 1 atom stereocenters. The SMILES string of the molecule is O=S(=O)(O)C(c1ccc(Cl)cc1)(c1cc(Cl)ccc1O)c1cc(Cl)c(O)cc1Cl. The first-order chi connectivity index (χ1) is 13.5. The van der Waals surface area contributed by atoms with Crippen molar-refractivity contribution in [1.82, 2.24) is 0 Å². The van der Waals surface area contributed by atoms with Gasteiger partial charge in [-0.05, 0) is 42.0 Å². The molecule has 10 heteroatoms. The topological polar surface area (TPSA) is 94.8 Å². The van der Waals surface area contributed by atoms with Gasteiger partial charge in [-0.15, -0.1) is 0 Å². The molecule has 152 valence electrons. The maximum absolute atomic E-state index is 13.0. The van der Waals surface area contributed by atoms with Crippen molar-refractivity contribution in [3.05, 3.63) is 91.4 Å². The van der Waals surface area contributed by atoms with E-state index in [4.69, 9.17) is 46.4 Å². The van der Waals surface area contributed by atoms with Crippen LogP contribution >= 0.6 is 46.4 Å². The van der Waals surface area contributed by atoms with Crippen molar-refractivity contribution in [2.24, 2.45) is 0 Å². The van der Waals surface area contributed by atoms with Gasteiger partial charge in [-0.1, -0.05) is 58.5 Å². The largest absolute Gasteiger partial charge is 0.508 e. The highest BCUT2D eigenvalue weighted by molar-refractivity contribution is 7.87. The van der Waals surface area contributed by atoms with Crippen molar-refractivity contribution in [2.45, 2.75) is 4.75 Å². The molecule has 29 heavy (non-hydrogen) atoms. The highest BCUT2D eigenvalue weighted by atomic mass is 35.5. The van der Waals surface area contributed by atoms with Crippen LogP contribution in [0.25, 0.3) is 0 Å². The Kier molecular flexibility index (Phi) is 5.98. The normalized spacial score (nSPS) is 13.8. The lowest BCUT2D eigenvalue weighted by Gasteiger charge is -2.34. The molecule has 5 nitrogen and oxygen atoms in total. The van der Waals surface area contributed by atoms with Crippen LogP contribution in [0.15, 0.2) is 54.6 Å². The second-order valence-electron chi connectivity index (χ2n) is 6.11. The molecule has 3 aromatic carbocycles. The summed E-state index contributed by atoms with van der Waals surface area (Å²) in [5.41, 5.74) is -0.464. The first-order valence-electron chi connectivity index (χ1n) is 7.89. The number of phenols is 2. The molecular weight excluding hydrogens is 482 g/mol. The molecule has 0 heterocycles. The maximum atomic E-state index is 13.0. The van der Waals surface area contributed by atoms with Crippen molar-refractivity contribution < 1.29 is 23.2 Å². The molecule has 0 aliphatic heterocycles. The zero-order valence-electron chi connectivity index (χ0n) is 14.3. The highest BCUT2D eigenvalue weighted by Gasteiger charge is 2.51. The zero-order chi connectivity index (χ0) is 21.6. The summed E-state index contributed by atoms with van der Waals surface area (Å²) >= 11 is 24.3. The van der Waals surface area contributed by atoms with E-state index in [0.29, 0.717) is 5.02 Å². The Bertz CT molecular complexity index is 1200. The van der Waals surface area contributed by atoms with Crippen molar-refractivity contribution in [2.75, 3.05) is 0 Å². The maximum Gasteiger partial charge on any atom is 0.283 e. The summed E-state index contributed by atoms with van der Waals surface area (Å²) < 4.78 is 34.0. The van der Waals surface area contributed by atoms with Crippen molar-refractivity contribution in [1.29, 1.82) is 0 Å². The Hall–Kier alpha value is -1.67. The Morgan fingerprint density at radius 1 is 0.690 bits per heavy atom. The van der Waals surface area contributed by atoms with Gasteiger partial charge in [0.2, 0.25) is 0 Å². The number of aromatic hydroxyl groups is 2. The number of hydrogen-bond donors (Lipinski definition) is 3. The molecular formula is C19H12Cl4O5S. The number of rotatable bonds is 4. The third kappa shape index (κ3) is 3.77. The van der Waals surface area contributed by atoms with Crippen LogP contribution in [0.4, 0.5) is 0 Å². The van der Waals surface area contributed by atoms with E-state index in [1.165, 1.54) is 42.5 Å². The van der Waals surface area contributed by atoms with E-state index < -0.39 is 26.4 Å². The van der Waals surface area contributed by atoms with E-state index in [1.807, 2.05) is 0 Å². The molecule has 0 spiro atoms. The van der Waals surface area contributed by atoms with Gasteiger partial charge in [0.15, 0.2) is 4.75 Å². The van der Waals surface area contributed by atoms with Gasteiger partial charge in [-0.25, -0.2) is 0 Å². The van der Waals surface area contributed by atoms with Crippen molar-refractivity contribution in [3.8, 4) is 11.5 Å². The van der Waals surface area contributed by atoms with Crippen LogP contribution in [-0.2, 0) is 14.9 Å². The van der Waals surface area contributed by atoms with Gasteiger partial charge in [0.05, 0.1) is 5.02 Å². The molecule has 0 saturated heterocycles. The molecule has 0 aromatic heterocycles.